The van der Waals surface area contributed by atoms with Gasteiger partial charge in [-0.05, 0) is 43.3 Å². The topological polar surface area (TPSA) is 12.0 Å². The lowest BCUT2D eigenvalue weighted by Crippen LogP contribution is -2.21. The van der Waals surface area contributed by atoms with Gasteiger partial charge in [0.15, 0.2) is 0 Å². The summed E-state index contributed by atoms with van der Waals surface area (Å²) >= 11 is 1.85. The molecule has 14 heavy (non-hydrogen) atoms. The third-order valence-electron chi connectivity index (χ3n) is 2.37. The molecule has 2 heteroatoms. The minimum atomic E-state index is 0.574. The van der Waals surface area contributed by atoms with Crippen molar-refractivity contribution in [3.63, 3.8) is 0 Å². The zero-order valence-electron chi connectivity index (χ0n) is 9.47. The van der Waals surface area contributed by atoms with E-state index in [0.717, 1.165) is 6.54 Å². The molecule has 0 fully saturated rings. The molecule has 1 unspecified atom stereocenters. The summed E-state index contributed by atoms with van der Waals surface area (Å²) in [5.41, 5.74) is 1.47. The van der Waals surface area contributed by atoms with Crippen molar-refractivity contribution >= 4 is 11.3 Å². The van der Waals surface area contributed by atoms with Crippen LogP contribution in [0.25, 0.3) is 0 Å². The first-order chi connectivity index (χ1) is 6.77. The maximum atomic E-state index is 3.61. The SMILES string of the molecule is CCCNC(CCC)c1csc(C)c1. The van der Waals surface area contributed by atoms with Gasteiger partial charge in [-0.25, -0.2) is 0 Å². The highest BCUT2D eigenvalue weighted by Gasteiger charge is 2.10. The highest BCUT2D eigenvalue weighted by atomic mass is 32.1. The van der Waals surface area contributed by atoms with Crippen LogP contribution in [0.15, 0.2) is 11.4 Å². The van der Waals surface area contributed by atoms with Gasteiger partial charge in [0.2, 0.25) is 0 Å². The van der Waals surface area contributed by atoms with Crippen LogP contribution in [0, 0.1) is 6.92 Å². The number of rotatable bonds is 6. The first-order valence-electron chi connectivity index (χ1n) is 5.56. The summed E-state index contributed by atoms with van der Waals surface area (Å²) in [4.78, 5) is 1.42. The number of thiophene rings is 1. The third-order valence-corrected chi connectivity index (χ3v) is 3.25. The molecule has 0 saturated heterocycles. The summed E-state index contributed by atoms with van der Waals surface area (Å²) in [6.45, 7) is 7.77. The predicted octanol–water partition coefficient (Wildman–Crippen LogP) is 3.90. The Morgan fingerprint density at radius 3 is 2.64 bits per heavy atom. The molecule has 0 saturated carbocycles. The normalized spacial score (nSPS) is 13.1. The maximum absolute atomic E-state index is 3.61. The summed E-state index contributed by atoms with van der Waals surface area (Å²) < 4.78 is 0. The van der Waals surface area contributed by atoms with E-state index >= 15 is 0 Å². The van der Waals surface area contributed by atoms with Gasteiger partial charge in [0.1, 0.15) is 0 Å². The second kappa shape index (κ2) is 6.20. The van der Waals surface area contributed by atoms with Gasteiger partial charge in [0, 0.05) is 10.9 Å². The van der Waals surface area contributed by atoms with Crippen molar-refractivity contribution < 1.29 is 0 Å². The summed E-state index contributed by atoms with van der Waals surface area (Å²) in [6.07, 6.45) is 3.70. The molecule has 0 aliphatic carbocycles. The first kappa shape index (κ1) is 11.7. The lowest BCUT2D eigenvalue weighted by molar-refractivity contribution is 0.495. The zero-order chi connectivity index (χ0) is 10.4. The minimum Gasteiger partial charge on any atom is -0.310 e. The molecular weight excluding hydrogens is 190 g/mol. The molecule has 1 heterocycles. The summed E-state index contributed by atoms with van der Waals surface area (Å²) in [6, 6.07) is 2.89. The van der Waals surface area contributed by atoms with Gasteiger partial charge >= 0.3 is 0 Å². The fraction of sp³-hybridized carbons (Fsp3) is 0.667. The van der Waals surface area contributed by atoms with Crippen LogP contribution in [0.1, 0.15) is 49.6 Å². The maximum Gasteiger partial charge on any atom is 0.0328 e. The monoisotopic (exact) mass is 211 g/mol. The van der Waals surface area contributed by atoms with Gasteiger partial charge in [0.05, 0.1) is 0 Å². The van der Waals surface area contributed by atoms with Crippen molar-refractivity contribution in [2.45, 2.75) is 46.1 Å². The van der Waals surface area contributed by atoms with E-state index < -0.39 is 0 Å². The Kier molecular flexibility index (Phi) is 5.20. The van der Waals surface area contributed by atoms with Crippen LogP contribution in [0.3, 0.4) is 0 Å². The highest BCUT2D eigenvalue weighted by molar-refractivity contribution is 7.10. The largest absolute Gasteiger partial charge is 0.310 e. The molecule has 80 valence electrons. The smallest absolute Gasteiger partial charge is 0.0328 e. The molecule has 1 nitrogen and oxygen atoms in total. The highest BCUT2D eigenvalue weighted by Crippen LogP contribution is 2.23. The van der Waals surface area contributed by atoms with E-state index in [1.165, 1.54) is 29.7 Å². The average Bonchev–Trinajstić information content (AvgIpc) is 2.59. The second-order valence-corrected chi connectivity index (χ2v) is 4.90. The van der Waals surface area contributed by atoms with E-state index in [4.69, 9.17) is 0 Å². The van der Waals surface area contributed by atoms with E-state index in [9.17, 15) is 0 Å². The molecule has 0 bridgehead atoms. The van der Waals surface area contributed by atoms with Crippen LogP contribution in [-0.4, -0.2) is 6.54 Å². The molecule has 1 N–H and O–H groups in total. The van der Waals surface area contributed by atoms with Gasteiger partial charge < -0.3 is 5.32 Å². The van der Waals surface area contributed by atoms with Crippen LogP contribution in [0.5, 0.6) is 0 Å². The van der Waals surface area contributed by atoms with Crippen LogP contribution in [-0.2, 0) is 0 Å². The number of aryl methyl sites for hydroxylation is 1. The third kappa shape index (κ3) is 3.43. The molecule has 0 aliphatic rings. The first-order valence-corrected chi connectivity index (χ1v) is 6.44. The minimum absolute atomic E-state index is 0.574. The number of hydrogen-bond donors (Lipinski definition) is 1. The predicted molar refractivity (Wildman–Crippen MR) is 65.0 cm³/mol. The number of hydrogen-bond acceptors (Lipinski definition) is 2. The van der Waals surface area contributed by atoms with Crippen LogP contribution in [0.4, 0.5) is 0 Å². The molecule has 0 aromatic carbocycles. The Morgan fingerprint density at radius 2 is 2.14 bits per heavy atom. The summed E-state index contributed by atoms with van der Waals surface area (Å²) in [5.74, 6) is 0. The molecule has 1 rings (SSSR count). The molecule has 1 atom stereocenters. The Hall–Kier alpha value is -0.340. The fourth-order valence-corrected chi connectivity index (χ4v) is 2.40. The van der Waals surface area contributed by atoms with Crippen molar-refractivity contribution in [1.29, 1.82) is 0 Å². The van der Waals surface area contributed by atoms with Gasteiger partial charge in [-0.2, -0.15) is 0 Å². The van der Waals surface area contributed by atoms with Gasteiger partial charge in [-0.3, -0.25) is 0 Å². The molecule has 0 amide bonds. The van der Waals surface area contributed by atoms with E-state index in [1.54, 1.807) is 0 Å². The summed E-state index contributed by atoms with van der Waals surface area (Å²) in [7, 11) is 0. The quantitative estimate of drug-likeness (QED) is 0.752. The van der Waals surface area contributed by atoms with Crippen LogP contribution < -0.4 is 5.32 Å². The Labute approximate surface area is 91.5 Å². The summed E-state index contributed by atoms with van der Waals surface area (Å²) in [5, 5.41) is 5.90. The molecule has 0 radical (unpaired) electrons. The van der Waals surface area contributed by atoms with Crippen molar-refractivity contribution in [3.05, 3.63) is 21.9 Å². The van der Waals surface area contributed by atoms with Crippen LogP contribution in [0.2, 0.25) is 0 Å². The van der Waals surface area contributed by atoms with E-state index in [0.29, 0.717) is 6.04 Å². The Balaban J connectivity index is 2.57. The van der Waals surface area contributed by atoms with E-state index in [2.05, 4.69) is 37.5 Å². The van der Waals surface area contributed by atoms with Crippen molar-refractivity contribution in [3.8, 4) is 0 Å². The van der Waals surface area contributed by atoms with Gasteiger partial charge in [-0.1, -0.05) is 20.3 Å². The van der Waals surface area contributed by atoms with Crippen molar-refractivity contribution in [2.24, 2.45) is 0 Å². The van der Waals surface area contributed by atoms with Crippen LogP contribution >= 0.6 is 11.3 Å². The van der Waals surface area contributed by atoms with Crippen molar-refractivity contribution in [1.82, 2.24) is 5.32 Å². The van der Waals surface area contributed by atoms with Gasteiger partial charge in [0.25, 0.3) is 0 Å². The van der Waals surface area contributed by atoms with E-state index in [1.807, 2.05) is 11.3 Å². The second-order valence-electron chi connectivity index (χ2n) is 3.79. The molecule has 1 aromatic heterocycles. The molecular formula is C12H21NS. The average molecular weight is 211 g/mol. The molecule has 1 aromatic rings. The standard InChI is InChI=1S/C12H21NS/c1-4-6-12(13-7-5-2)11-8-10(3)14-9-11/h8-9,12-13H,4-7H2,1-3H3. The van der Waals surface area contributed by atoms with E-state index in [-0.39, 0.29) is 0 Å². The lowest BCUT2D eigenvalue weighted by Gasteiger charge is -2.16. The van der Waals surface area contributed by atoms with Gasteiger partial charge in [-0.15, -0.1) is 11.3 Å². The molecule has 0 spiro atoms. The fourth-order valence-electron chi connectivity index (χ4n) is 1.64. The van der Waals surface area contributed by atoms with Crippen molar-refractivity contribution in [2.75, 3.05) is 6.54 Å². The lowest BCUT2D eigenvalue weighted by atomic mass is 10.1. The molecule has 0 aliphatic heterocycles. The Morgan fingerprint density at radius 1 is 1.36 bits per heavy atom. The zero-order valence-corrected chi connectivity index (χ0v) is 10.3. The number of nitrogens with one attached hydrogen (secondary N) is 1. The Bertz CT molecular complexity index is 255.